The molecule has 0 bridgehead atoms. The lowest BCUT2D eigenvalue weighted by molar-refractivity contribution is 0.234. The number of amidine groups is 1. The van der Waals surface area contributed by atoms with E-state index in [0.29, 0.717) is 18.1 Å². The fraction of sp³-hybridized carbons (Fsp3) is 0.308. The van der Waals surface area contributed by atoms with E-state index in [2.05, 4.69) is 25.3 Å². The Hall–Kier alpha value is -1.84. The minimum Gasteiger partial charge on any atom is -0.365 e. The Morgan fingerprint density at radius 1 is 1.48 bits per heavy atom. The first-order valence-electron chi connectivity index (χ1n) is 6.65. The van der Waals surface area contributed by atoms with Crippen LogP contribution in [0, 0.1) is 5.82 Å². The van der Waals surface area contributed by atoms with Crippen LogP contribution in [0.3, 0.4) is 0 Å². The molecule has 2 aromatic rings. The molecule has 0 aliphatic rings. The van der Waals surface area contributed by atoms with E-state index < -0.39 is 5.82 Å². The molecule has 0 fully saturated rings. The van der Waals surface area contributed by atoms with Crippen LogP contribution in [-0.2, 0) is 0 Å². The SMILES string of the molecule is CSCCCNc1nonc1C(=Nc1ccc(F)c(Cl)c1)NO. The van der Waals surface area contributed by atoms with Gasteiger partial charge in [0.1, 0.15) is 5.82 Å². The average Bonchev–Trinajstić information content (AvgIpc) is 3.01. The number of hydroxylamine groups is 1. The lowest BCUT2D eigenvalue weighted by atomic mass is 10.3. The van der Waals surface area contributed by atoms with Gasteiger partial charge < -0.3 is 5.32 Å². The lowest BCUT2D eigenvalue weighted by Crippen LogP contribution is -2.22. The fourth-order valence-electron chi connectivity index (χ4n) is 1.70. The first kappa shape index (κ1) is 17.5. The molecule has 10 heteroatoms. The summed E-state index contributed by atoms with van der Waals surface area (Å²) in [5.41, 5.74) is 2.48. The van der Waals surface area contributed by atoms with Gasteiger partial charge in [-0.25, -0.2) is 14.0 Å². The van der Waals surface area contributed by atoms with E-state index in [-0.39, 0.29) is 16.6 Å². The molecule has 0 unspecified atom stereocenters. The monoisotopic (exact) mass is 359 g/mol. The zero-order valence-corrected chi connectivity index (χ0v) is 13.8. The molecule has 0 saturated heterocycles. The summed E-state index contributed by atoms with van der Waals surface area (Å²) in [5.74, 6) is 0.797. The summed E-state index contributed by atoms with van der Waals surface area (Å²) in [6.45, 7) is 0.670. The Morgan fingerprint density at radius 2 is 2.30 bits per heavy atom. The number of hydrogen-bond acceptors (Lipinski definition) is 7. The van der Waals surface area contributed by atoms with Crippen LogP contribution in [0.25, 0.3) is 0 Å². The van der Waals surface area contributed by atoms with Crippen LogP contribution in [0.2, 0.25) is 5.02 Å². The molecule has 1 heterocycles. The highest BCUT2D eigenvalue weighted by Gasteiger charge is 2.16. The number of aromatic nitrogens is 2. The van der Waals surface area contributed by atoms with Crippen molar-refractivity contribution in [2.45, 2.75) is 6.42 Å². The standard InChI is InChI=1S/C13H15ClFN5O2S/c1-23-6-2-5-16-12-11(19-22-20-12)13(18-21)17-8-3-4-10(15)9(14)7-8/h3-4,7,21H,2,5-6H2,1H3,(H,16,20)(H,17,18). The maximum Gasteiger partial charge on any atom is 0.202 e. The van der Waals surface area contributed by atoms with Gasteiger partial charge in [-0.2, -0.15) is 11.8 Å². The van der Waals surface area contributed by atoms with Crippen LogP contribution in [0.5, 0.6) is 0 Å². The third-order valence-corrected chi connectivity index (χ3v) is 3.77. The third-order valence-electron chi connectivity index (χ3n) is 2.78. The molecular formula is C13H15ClFN5O2S. The number of halogens is 2. The van der Waals surface area contributed by atoms with Gasteiger partial charge in [0.25, 0.3) is 0 Å². The van der Waals surface area contributed by atoms with Crippen molar-refractivity contribution in [2.75, 3.05) is 23.9 Å². The van der Waals surface area contributed by atoms with Crippen molar-refractivity contribution < 1.29 is 14.2 Å². The second kappa shape index (κ2) is 8.70. The first-order valence-corrected chi connectivity index (χ1v) is 8.42. The van der Waals surface area contributed by atoms with Gasteiger partial charge in [0.15, 0.2) is 11.5 Å². The van der Waals surface area contributed by atoms with E-state index >= 15 is 0 Å². The molecule has 0 saturated carbocycles. The third kappa shape index (κ3) is 4.81. The molecular weight excluding hydrogens is 345 g/mol. The zero-order valence-electron chi connectivity index (χ0n) is 12.2. The van der Waals surface area contributed by atoms with Crippen LogP contribution in [0.15, 0.2) is 27.8 Å². The van der Waals surface area contributed by atoms with Gasteiger partial charge in [0, 0.05) is 6.54 Å². The Kier molecular flexibility index (Phi) is 6.63. The van der Waals surface area contributed by atoms with Gasteiger partial charge in [-0.1, -0.05) is 11.6 Å². The summed E-state index contributed by atoms with van der Waals surface area (Å²) in [4.78, 5) is 4.12. The number of hydrogen-bond donors (Lipinski definition) is 3. The lowest BCUT2D eigenvalue weighted by Gasteiger charge is -2.05. The van der Waals surface area contributed by atoms with Gasteiger partial charge in [-0.05, 0) is 46.9 Å². The van der Waals surface area contributed by atoms with Crippen molar-refractivity contribution >= 4 is 40.7 Å². The maximum atomic E-state index is 13.2. The van der Waals surface area contributed by atoms with Gasteiger partial charge >= 0.3 is 0 Å². The molecule has 0 amide bonds. The summed E-state index contributed by atoms with van der Waals surface area (Å²) in [6, 6.07) is 3.92. The minimum absolute atomic E-state index is 0.00120. The predicted molar refractivity (Wildman–Crippen MR) is 88.3 cm³/mol. The van der Waals surface area contributed by atoms with Gasteiger partial charge in [-0.3, -0.25) is 10.7 Å². The van der Waals surface area contributed by atoms with E-state index in [0.717, 1.165) is 12.2 Å². The Bertz CT molecular complexity index is 682. The van der Waals surface area contributed by atoms with E-state index in [4.69, 9.17) is 11.6 Å². The summed E-state index contributed by atoms with van der Waals surface area (Å²) in [6.07, 6.45) is 2.96. The number of anilines is 1. The molecule has 1 aromatic heterocycles. The zero-order chi connectivity index (χ0) is 16.7. The van der Waals surface area contributed by atoms with Gasteiger partial charge in [-0.15, -0.1) is 0 Å². The van der Waals surface area contributed by atoms with E-state index in [1.54, 1.807) is 11.8 Å². The number of aliphatic imine (C=N–C) groups is 1. The molecule has 1 aromatic carbocycles. The Labute approximate surface area is 141 Å². The van der Waals surface area contributed by atoms with Crippen molar-refractivity contribution in [3.05, 3.63) is 34.7 Å². The largest absolute Gasteiger partial charge is 0.365 e. The molecule has 124 valence electrons. The Morgan fingerprint density at radius 3 is 3.00 bits per heavy atom. The molecule has 0 radical (unpaired) electrons. The normalized spacial score (nSPS) is 11.6. The molecule has 2 rings (SSSR count). The predicted octanol–water partition coefficient (Wildman–Crippen LogP) is 3.08. The second-order valence-corrected chi connectivity index (χ2v) is 5.80. The molecule has 3 N–H and O–H groups in total. The van der Waals surface area contributed by atoms with Crippen molar-refractivity contribution in [2.24, 2.45) is 4.99 Å². The van der Waals surface area contributed by atoms with Crippen molar-refractivity contribution in [1.82, 2.24) is 15.8 Å². The number of benzene rings is 1. The van der Waals surface area contributed by atoms with Crippen LogP contribution in [0.4, 0.5) is 15.9 Å². The second-order valence-electron chi connectivity index (χ2n) is 4.41. The van der Waals surface area contributed by atoms with Crippen molar-refractivity contribution in [1.29, 1.82) is 0 Å². The summed E-state index contributed by atoms with van der Waals surface area (Å²) in [7, 11) is 0. The smallest absolute Gasteiger partial charge is 0.202 e. The highest BCUT2D eigenvalue weighted by Crippen LogP contribution is 2.22. The molecule has 0 aliphatic heterocycles. The van der Waals surface area contributed by atoms with E-state index in [9.17, 15) is 9.60 Å². The van der Waals surface area contributed by atoms with Crippen molar-refractivity contribution in [3.63, 3.8) is 0 Å². The molecule has 0 atom stereocenters. The summed E-state index contributed by atoms with van der Waals surface area (Å²) >= 11 is 7.45. The summed E-state index contributed by atoms with van der Waals surface area (Å²) < 4.78 is 17.8. The molecule has 23 heavy (non-hydrogen) atoms. The van der Waals surface area contributed by atoms with Crippen molar-refractivity contribution in [3.8, 4) is 0 Å². The number of nitrogens with zero attached hydrogens (tertiary/aromatic N) is 3. The highest BCUT2D eigenvalue weighted by atomic mass is 35.5. The topological polar surface area (TPSA) is 95.6 Å². The van der Waals surface area contributed by atoms with Gasteiger partial charge in [0.2, 0.25) is 5.82 Å². The maximum absolute atomic E-state index is 13.2. The quantitative estimate of drug-likeness (QED) is 0.302. The van der Waals surface area contributed by atoms with Crippen LogP contribution in [-0.4, -0.2) is 39.9 Å². The number of nitrogens with one attached hydrogen (secondary N) is 2. The number of rotatable bonds is 7. The van der Waals surface area contributed by atoms with E-state index in [1.165, 1.54) is 18.2 Å². The average molecular weight is 360 g/mol. The highest BCUT2D eigenvalue weighted by molar-refractivity contribution is 7.98. The minimum atomic E-state index is -0.552. The molecule has 0 aliphatic carbocycles. The van der Waals surface area contributed by atoms with Crippen LogP contribution >= 0.6 is 23.4 Å². The van der Waals surface area contributed by atoms with E-state index in [1.807, 2.05) is 11.7 Å². The first-order chi connectivity index (χ1) is 11.2. The van der Waals surface area contributed by atoms with Crippen LogP contribution in [0.1, 0.15) is 12.1 Å². The fourth-order valence-corrected chi connectivity index (χ4v) is 2.31. The number of thioether (sulfide) groups is 1. The van der Waals surface area contributed by atoms with Gasteiger partial charge in [0.05, 0.1) is 10.7 Å². The Balaban J connectivity index is 2.18. The summed E-state index contributed by atoms with van der Waals surface area (Å²) in [5, 5.41) is 19.7. The van der Waals surface area contributed by atoms with Crippen LogP contribution < -0.4 is 10.8 Å². The molecule has 7 nitrogen and oxygen atoms in total. The molecule has 0 spiro atoms.